The molecule has 2 amide bonds. The number of nitrogens with zero attached hydrogens (tertiary/aromatic N) is 2. The number of rotatable bonds is 4. The lowest BCUT2D eigenvalue weighted by molar-refractivity contribution is -0.142. The summed E-state index contributed by atoms with van der Waals surface area (Å²) in [5.74, 6) is -0.436. The Morgan fingerprint density at radius 1 is 1.20 bits per heavy atom. The molecule has 3 unspecified atom stereocenters. The van der Waals surface area contributed by atoms with Crippen LogP contribution >= 0.6 is 0 Å². The molecule has 2 aliphatic rings. The van der Waals surface area contributed by atoms with Gasteiger partial charge in [0.05, 0.1) is 12.5 Å². The van der Waals surface area contributed by atoms with Gasteiger partial charge in [-0.15, -0.1) is 0 Å². The quantitative estimate of drug-likeness (QED) is 0.911. The van der Waals surface area contributed by atoms with Gasteiger partial charge in [0.1, 0.15) is 0 Å². The number of amides is 2. The maximum atomic E-state index is 13.4. The van der Waals surface area contributed by atoms with E-state index in [2.05, 4.69) is 13.0 Å². The molecule has 1 aliphatic carbocycles. The first-order chi connectivity index (χ1) is 12.0. The average molecular weight is 344 g/mol. The molecule has 1 aromatic carbocycles. The van der Waals surface area contributed by atoms with Gasteiger partial charge in [0.2, 0.25) is 11.8 Å². The Kier molecular flexibility index (Phi) is 5.42. The third-order valence-electron chi connectivity index (χ3n) is 5.66. The SMILES string of the molecule is CC1Cc2ccccc2N1C(=O)C1CCCCC1C(=O)N(C)CCO. The fraction of sp³-hybridized carbons (Fsp3) is 0.600. The molecule has 0 spiro atoms. The van der Waals surface area contributed by atoms with Crippen LogP contribution in [0.15, 0.2) is 24.3 Å². The zero-order valence-electron chi connectivity index (χ0n) is 15.1. The average Bonchev–Trinajstić information content (AvgIpc) is 2.96. The van der Waals surface area contributed by atoms with Crippen molar-refractivity contribution in [1.29, 1.82) is 0 Å². The minimum absolute atomic E-state index is 0.00719. The van der Waals surface area contributed by atoms with Crippen molar-refractivity contribution in [2.24, 2.45) is 11.8 Å². The zero-order chi connectivity index (χ0) is 18.0. The first-order valence-electron chi connectivity index (χ1n) is 9.31. The highest BCUT2D eigenvalue weighted by Crippen LogP contribution is 2.38. The molecular weight excluding hydrogens is 316 g/mol. The number of para-hydroxylation sites is 1. The van der Waals surface area contributed by atoms with Gasteiger partial charge in [0.15, 0.2) is 0 Å². The lowest BCUT2D eigenvalue weighted by atomic mass is 9.77. The summed E-state index contributed by atoms with van der Waals surface area (Å²) in [4.78, 5) is 29.6. The third kappa shape index (κ3) is 3.43. The van der Waals surface area contributed by atoms with Crippen LogP contribution in [0.4, 0.5) is 5.69 Å². The highest BCUT2D eigenvalue weighted by Gasteiger charge is 2.42. The number of carbonyl (C=O) groups excluding carboxylic acids is 2. The lowest BCUT2D eigenvalue weighted by Gasteiger charge is -2.36. The molecule has 3 atom stereocenters. The van der Waals surface area contributed by atoms with Gasteiger partial charge in [0, 0.05) is 31.2 Å². The summed E-state index contributed by atoms with van der Waals surface area (Å²) < 4.78 is 0. The molecule has 136 valence electrons. The Morgan fingerprint density at radius 3 is 2.60 bits per heavy atom. The Labute approximate surface area is 149 Å². The van der Waals surface area contributed by atoms with Crippen LogP contribution < -0.4 is 4.90 Å². The van der Waals surface area contributed by atoms with E-state index in [1.165, 1.54) is 5.56 Å². The van der Waals surface area contributed by atoms with Crippen molar-refractivity contribution in [3.63, 3.8) is 0 Å². The predicted octanol–water partition coefficient (Wildman–Crippen LogP) is 2.22. The molecule has 1 aliphatic heterocycles. The molecule has 0 saturated heterocycles. The van der Waals surface area contributed by atoms with Gasteiger partial charge >= 0.3 is 0 Å². The van der Waals surface area contributed by atoms with Crippen LogP contribution in [0.3, 0.4) is 0 Å². The summed E-state index contributed by atoms with van der Waals surface area (Å²) in [6.45, 7) is 2.35. The number of likely N-dealkylation sites (N-methyl/N-ethyl adjacent to an activating group) is 1. The first kappa shape index (κ1) is 17.9. The maximum Gasteiger partial charge on any atom is 0.231 e. The van der Waals surface area contributed by atoms with Crippen LogP contribution in [0.2, 0.25) is 0 Å². The van der Waals surface area contributed by atoms with E-state index in [0.717, 1.165) is 37.8 Å². The van der Waals surface area contributed by atoms with Crippen molar-refractivity contribution in [3.05, 3.63) is 29.8 Å². The van der Waals surface area contributed by atoms with Gasteiger partial charge in [-0.3, -0.25) is 9.59 Å². The van der Waals surface area contributed by atoms with Crippen LogP contribution in [-0.2, 0) is 16.0 Å². The Bertz CT molecular complexity index is 646. The Morgan fingerprint density at radius 2 is 1.88 bits per heavy atom. The number of benzene rings is 1. The van der Waals surface area contributed by atoms with Crippen LogP contribution in [0.1, 0.15) is 38.2 Å². The van der Waals surface area contributed by atoms with Crippen molar-refractivity contribution >= 4 is 17.5 Å². The van der Waals surface area contributed by atoms with E-state index in [9.17, 15) is 9.59 Å². The number of aliphatic hydroxyl groups excluding tert-OH is 1. The Hall–Kier alpha value is -1.88. The van der Waals surface area contributed by atoms with Crippen LogP contribution in [0.5, 0.6) is 0 Å². The van der Waals surface area contributed by atoms with Gasteiger partial charge in [-0.05, 0) is 37.8 Å². The smallest absolute Gasteiger partial charge is 0.231 e. The van der Waals surface area contributed by atoms with Gasteiger partial charge in [-0.1, -0.05) is 31.0 Å². The minimum atomic E-state index is -0.266. The number of fused-ring (bicyclic) bond motifs is 1. The largest absolute Gasteiger partial charge is 0.395 e. The first-order valence-corrected chi connectivity index (χ1v) is 9.31. The molecule has 1 N–H and O–H groups in total. The third-order valence-corrected chi connectivity index (χ3v) is 5.66. The lowest BCUT2D eigenvalue weighted by Crippen LogP contribution is -2.47. The fourth-order valence-electron chi connectivity index (χ4n) is 4.35. The van der Waals surface area contributed by atoms with E-state index in [-0.39, 0.29) is 36.3 Å². The molecule has 0 aromatic heterocycles. The predicted molar refractivity (Wildman–Crippen MR) is 97.3 cm³/mol. The van der Waals surface area contributed by atoms with Crippen molar-refractivity contribution < 1.29 is 14.7 Å². The van der Waals surface area contributed by atoms with Crippen molar-refractivity contribution in [2.75, 3.05) is 25.1 Å². The molecule has 1 heterocycles. The van der Waals surface area contributed by atoms with E-state index in [1.54, 1.807) is 11.9 Å². The number of hydrogen-bond donors (Lipinski definition) is 1. The van der Waals surface area contributed by atoms with Crippen LogP contribution in [-0.4, -0.2) is 48.1 Å². The van der Waals surface area contributed by atoms with Crippen LogP contribution in [0, 0.1) is 11.8 Å². The molecule has 5 heteroatoms. The molecule has 5 nitrogen and oxygen atoms in total. The van der Waals surface area contributed by atoms with Gasteiger partial charge < -0.3 is 14.9 Å². The number of carbonyl (C=O) groups is 2. The van der Waals surface area contributed by atoms with E-state index in [0.29, 0.717) is 6.54 Å². The molecule has 3 rings (SSSR count). The molecule has 25 heavy (non-hydrogen) atoms. The summed E-state index contributed by atoms with van der Waals surface area (Å²) in [6, 6.07) is 8.20. The molecular formula is C20H28N2O3. The van der Waals surface area contributed by atoms with E-state index < -0.39 is 0 Å². The summed E-state index contributed by atoms with van der Waals surface area (Å²) in [7, 11) is 1.71. The zero-order valence-corrected chi connectivity index (χ0v) is 15.1. The molecule has 1 fully saturated rings. The van der Waals surface area contributed by atoms with E-state index >= 15 is 0 Å². The van der Waals surface area contributed by atoms with Crippen molar-refractivity contribution in [3.8, 4) is 0 Å². The van der Waals surface area contributed by atoms with Gasteiger partial charge in [-0.25, -0.2) is 0 Å². The van der Waals surface area contributed by atoms with Crippen molar-refractivity contribution in [2.45, 2.75) is 45.1 Å². The topological polar surface area (TPSA) is 60.9 Å². The molecule has 1 saturated carbocycles. The summed E-state index contributed by atoms with van der Waals surface area (Å²) in [5.41, 5.74) is 2.21. The second-order valence-electron chi connectivity index (χ2n) is 7.37. The minimum Gasteiger partial charge on any atom is -0.395 e. The Balaban J connectivity index is 1.83. The van der Waals surface area contributed by atoms with Crippen molar-refractivity contribution in [1.82, 2.24) is 4.90 Å². The molecule has 1 aromatic rings. The summed E-state index contributed by atoms with van der Waals surface area (Å²) >= 11 is 0. The number of anilines is 1. The monoisotopic (exact) mass is 344 g/mol. The van der Waals surface area contributed by atoms with E-state index in [1.807, 2.05) is 23.1 Å². The highest BCUT2D eigenvalue weighted by atomic mass is 16.3. The second-order valence-corrected chi connectivity index (χ2v) is 7.37. The fourth-order valence-corrected chi connectivity index (χ4v) is 4.35. The summed E-state index contributed by atoms with van der Waals surface area (Å²) in [5, 5.41) is 9.11. The standard InChI is InChI=1S/C20H28N2O3/c1-14-13-15-7-3-6-10-18(15)22(14)20(25)17-9-5-4-8-16(17)19(24)21(2)11-12-23/h3,6-7,10,14,16-17,23H,4-5,8-9,11-13H2,1-2H3. The van der Waals surface area contributed by atoms with Gasteiger partial charge in [-0.2, -0.15) is 0 Å². The number of aliphatic hydroxyl groups is 1. The molecule has 0 bridgehead atoms. The summed E-state index contributed by atoms with van der Waals surface area (Å²) in [6.07, 6.45) is 4.38. The molecule has 0 radical (unpaired) electrons. The normalized spacial score (nSPS) is 25.6. The number of hydrogen-bond acceptors (Lipinski definition) is 3. The maximum absolute atomic E-state index is 13.4. The van der Waals surface area contributed by atoms with Gasteiger partial charge in [0.25, 0.3) is 0 Å². The van der Waals surface area contributed by atoms with Crippen LogP contribution in [0.25, 0.3) is 0 Å². The second kappa shape index (κ2) is 7.56. The highest BCUT2D eigenvalue weighted by molar-refractivity contribution is 6.00. The van der Waals surface area contributed by atoms with E-state index in [4.69, 9.17) is 5.11 Å².